The van der Waals surface area contributed by atoms with Crippen LogP contribution in [0.2, 0.25) is 5.02 Å². The molecular formula is C16H15ClN2O4. The summed E-state index contributed by atoms with van der Waals surface area (Å²) >= 11 is 5.99. The van der Waals surface area contributed by atoms with E-state index in [1.807, 2.05) is 0 Å². The molecule has 2 rings (SSSR count). The number of hydrogen-bond donors (Lipinski definition) is 1. The lowest BCUT2D eigenvalue weighted by molar-refractivity contribution is -0.384. The third-order valence-electron chi connectivity index (χ3n) is 3.25. The van der Waals surface area contributed by atoms with Crippen molar-refractivity contribution in [2.75, 3.05) is 5.32 Å². The highest BCUT2D eigenvalue weighted by molar-refractivity contribution is 6.31. The van der Waals surface area contributed by atoms with Crippen molar-refractivity contribution in [3.63, 3.8) is 0 Å². The second-order valence-corrected chi connectivity index (χ2v) is 5.57. The number of benzene rings is 2. The van der Waals surface area contributed by atoms with Crippen LogP contribution in [-0.4, -0.2) is 11.0 Å². The van der Waals surface area contributed by atoms with Crippen LogP contribution in [-0.2, 0) is 0 Å². The summed E-state index contributed by atoms with van der Waals surface area (Å²) < 4.78 is 5.22. The van der Waals surface area contributed by atoms with E-state index in [9.17, 15) is 14.9 Å². The zero-order valence-electron chi connectivity index (χ0n) is 12.8. The Kier molecular flexibility index (Phi) is 4.86. The van der Waals surface area contributed by atoms with Gasteiger partial charge in [0.15, 0.2) is 0 Å². The van der Waals surface area contributed by atoms with E-state index in [0.717, 1.165) is 11.1 Å². The van der Waals surface area contributed by atoms with Crippen LogP contribution in [0.25, 0.3) is 0 Å². The standard InChI is InChI=1S/C16H15ClN2O4/c1-9-4-5-13(14(6-9)19(21)22)18-16(20)23-15-8-10(2)12(17)7-11(15)3/h4-8H,1-3H3,(H,18,20). The number of nitro benzene ring substituents is 1. The SMILES string of the molecule is Cc1ccc(NC(=O)Oc2cc(C)c(Cl)cc2C)c([N+](=O)[O-])c1. The normalized spacial score (nSPS) is 10.3. The number of hydrogen-bond acceptors (Lipinski definition) is 4. The number of carbonyl (C=O) groups is 1. The lowest BCUT2D eigenvalue weighted by Crippen LogP contribution is -2.18. The average Bonchev–Trinajstić information content (AvgIpc) is 2.46. The number of rotatable bonds is 3. The molecule has 1 amide bonds. The molecule has 0 atom stereocenters. The van der Waals surface area contributed by atoms with Crippen LogP contribution in [0.3, 0.4) is 0 Å². The Hall–Kier alpha value is -2.60. The van der Waals surface area contributed by atoms with Gasteiger partial charge in [0.1, 0.15) is 11.4 Å². The van der Waals surface area contributed by atoms with Gasteiger partial charge in [0, 0.05) is 11.1 Å². The molecule has 7 heteroatoms. The van der Waals surface area contributed by atoms with Crippen LogP contribution in [0, 0.1) is 30.9 Å². The zero-order valence-corrected chi connectivity index (χ0v) is 13.6. The highest BCUT2D eigenvalue weighted by atomic mass is 35.5. The summed E-state index contributed by atoms with van der Waals surface area (Å²) in [7, 11) is 0. The van der Waals surface area contributed by atoms with Gasteiger partial charge < -0.3 is 4.74 Å². The Morgan fingerprint density at radius 1 is 1.17 bits per heavy atom. The molecule has 0 fully saturated rings. The molecule has 0 saturated carbocycles. The molecule has 0 heterocycles. The van der Waals surface area contributed by atoms with Crippen molar-refractivity contribution in [1.29, 1.82) is 0 Å². The smallest absolute Gasteiger partial charge is 0.410 e. The van der Waals surface area contributed by atoms with Crippen LogP contribution in [0.5, 0.6) is 5.75 Å². The summed E-state index contributed by atoms with van der Waals surface area (Å²) in [6.45, 7) is 5.27. The summed E-state index contributed by atoms with van der Waals surface area (Å²) in [5.41, 5.74) is 2.07. The van der Waals surface area contributed by atoms with Gasteiger partial charge in [-0.05, 0) is 55.7 Å². The number of aryl methyl sites for hydroxylation is 3. The van der Waals surface area contributed by atoms with Gasteiger partial charge in [0.2, 0.25) is 0 Å². The van der Waals surface area contributed by atoms with Crippen molar-refractivity contribution in [3.05, 3.63) is 62.2 Å². The van der Waals surface area contributed by atoms with Gasteiger partial charge in [-0.3, -0.25) is 15.4 Å². The first-order valence-corrected chi connectivity index (χ1v) is 7.16. The van der Waals surface area contributed by atoms with Crippen LogP contribution < -0.4 is 10.1 Å². The van der Waals surface area contributed by atoms with E-state index < -0.39 is 11.0 Å². The Morgan fingerprint density at radius 2 is 1.87 bits per heavy atom. The lowest BCUT2D eigenvalue weighted by atomic mass is 10.1. The maximum Gasteiger partial charge on any atom is 0.417 e. The molecule has 0 aliphatic rings. The molecule has 0 bridgehead atoms. The molecule has 0 aliphatic carbocycles. The summed E-state index contributed by atoms with van der Waals surface area (Å²) in [5, 5.41) is 14.0. The van der Waals surface area contributed by atoms with Crippen molar-refractivity contribution in [1.82, 2.24) is 0 Å². The van der Waals surface area contributed by atoms with Crippen LogP contribution >= 0.6 is 11.6 Å². The van der Waals surface area contributed by atoms with Crippen LogP contribution in [0.1, 0.15) is 16.7 Å². The van der Waals surface area contributed by atoms with Gasteiger partial charge >= 0.3 is 6.09 Å². The molecule has 0 radical (unpaired) electrons. The highest BCUT2D eigenvalue weighted by Gasteiger charge is 2.17. The average molecular weight is 335 g/mol. The van der Waals surface area contributed by atoms with E-state index in [4.69, 9.17) is 16.3 Å². The second-order valence-electron chi connectivity index (χ2n) is 5.16. The third kappa shape index (κ3) is 3.98. The van der Waals surface area contributed by atoms with Crippen LogP contribution in [0.4, 0.5) is 16.2 Å². The van der Waals surface area contributed by atoms with Crippen molar-refractivity contribution in [3.8, 4) is 5.75 Å². The molecule has 23 heavy (non-hydrogen) atoms. The number of nitrogens with one attached hydrogen (secondary N) is 1. The van der Waals surface area contributed by atoms with Crippen LogP contribution in [0.15, 0.2) is 30.3 Å². The number of carbonyl (C=O) groups excluding carboxylic acids is 1. The van der Waals surface area contributed by atoms with E-state index in [1.54, 1.807) is 39.0 Å². The fraction of sp³-hybridized carbons (Fsp3) is 0.188. The number of anilines is 1. The zero-order chi connectivity index (χ0) is 17.1. The predicted molar refractivity (Wildman–Crippen MR) is 88.4 cm³/mol. The molecule has 0 aromatic heterocycles. The molecular weight excluding hydrogens is 320 g/mol. The Bertz CT molecular complexity index is 790. The maximum absolute atomic E-state index is 12.0. The van der Waals surface area contributed by atoms with E-state index in [-0.39, 0.29) is 11.4 Å². The topological polar surface area (TPSA) is 81.5 Å². The second kappa shape index (κ2) is 6.66. The molecule has 0 spiro atoms. The van der Waals surface area contributed by atoms with Gasteiger partial charge in [-0.1, -0.05) is 17.7 Å². The quantitative estimate of drug-likeness (QED) is 0.646. The van der Waals surface area contributed by atoms with E-state index in [0.29, 0.717) is 16.3 Å². The molecule has 0 unspecified atom stereocenters. The Balaban J connectivity index is 2.21. The summed E-state index contributed by atoms with van der Waals surface area (Å²) in [5.74, 6) is 0.346. The minimum Gasteiger partial charge on any atom is -0.410 e. The minimum absolute atomic E-state index is 0.0777. The third-order valence-corrected chi connectivity index (χ3v) is 3.65. The number of nitro groups is 1. The molecule has 6 nitrogen and oxygen atoms in total. The van der Waals surface area contributed by atoms with E-state index in [1.165, 1.54) is 12.1 Å². The van der Waals surface area contributed by atoms with Gasteiger partial charge in [-0.2, -0.15) is 0 Å². The summed E-state index contributed by atoms with van der Waals surface area (Å²) in [4.78, 5) is 22.5. The largest absolute Gasteiger partial charge is 0.417 e. The van der Waals surface area contributed by atoms with E-state index >= 15 is 0 Å². The molecule has 0 saturated heterocycles. The summed E-state index contributed by atoms with van der Waals surface area (Å²) in [6, 6.07) is 7.84. The first kappa shape index (κ1) is 16.8. The highest BCUT2D eigenvalue weighted by Crippen LogP contribution is 2.28. The summed E-state index contributed by atoms with van der Waals surface area (Å²) in [6.07, 6.45) is -0.804. The number of amides is 1. The minimum atomic E-state index is -0.804. The maximum atomic E-state index is 12.0. The van der Waals surface area contributed by atoms with Crippen molar-refractivity contribution in [2.45, 2.75) is 20.8 Å². The molecule has 1 N–H and O–H groups in total. The molecule has 0 aliphatic heterocycles. The molecule has 120 valence electrons. The fourth-order valence-electron chi connectivity index (χ4n) is 2.00. The Morgan fingerprint density at radius 3 is 2.52 bits per heavy atom. The van der Waals surface area contributed by atoms with Gasteiger partial charge in [-0.15, -0.1) is 0 Å². The molecule has 2 aromatic carbocycles. The predicted octanol–water partition coefficient (Wildman–Crippen LogP) is 4.78. The van der Waals surface area contributed by atoms with Gasteiger partial charge in [0.25, 0.3) is 5.69 Å². The number of nitrogens with zero attached hydrogens (tertiary/aromatic N) is 1. The Labute approximate surface area is 138 Å². The number of ether oxygens (including phenoxy) is 1. The van der Waals surface area contributed by atoms with Gasteiger partial charge in [0.05, 0.1) is 4.92 Å². The first-order valence-electron chi connectivity index (χ1n) is 6.78. The van der Waals surface area contributed by atoms with E-state index in [2.05, 4.69) is 5.32 Å². The van der Waals surface area contributed by atoms with Gasteiger partial charge in [-0.25, -0.2) is 4.79 Å². The monoisotopic (exact) mass is 334 g/mol. The first-order chi connectivity index (χ1) is 10.8. The molecule has 2 aromatic rings. The van der Waals surface area contributed by atoms with Crippen molar-refractivity contribution < 1.29 is 14.5 Å². The van der Waals surface area contributed by atoms with Crippen molar-refractivity contribution in [2.24, 2.45) is 0 Å². The van der Waals surface area contributed by atoms with Crippen molar-refractivity contribution >= 4 is 29.1 Å². The fourth-order valence-corrected chi connectivity index (χ4v) is 2.22. The number of halogens is 1. The lowest BCUT2D eigenvalue weighted by Gasteiger charge is -2.11.